The van der Waals surface area contributed by atoms with Gasteiger partial charge < -0.3 is 30.2 Å². The van der Waals surface area contributed by atoms with E-state index in [1.165, 1.54) is 6.08 Å². The summed E-state index contributed by atoms with van der Waals surface area (Å²) in [6.07, 6.45) is 6.96. The number of ether oxygens (including phenoxy) is 3. The summed E-state index contributed by atoms with van der Waals surface area (Å²) in [7, 11) is 0. The number of piperidine rings is 1. The zero-order chi connectivity index (χ0) is 30.5. The molecule has 1 atom stereocenters. The SMILES string of the molecule is N#Cc1cnc2cc(OC3CCOC3)c(N3CCC(=CC(N)=O)CC3)cc2c1Nc1ccc(OCc2ccccn2)c(Cl)c1. The molecule has 4 heterocycles. The highest BCUT2D eigenvalue weighted by molar-refractivity contribution is 6.32. The van der Waals surface area contributed by atoms with Crippen LogP contribution in [0.2, 0.25) is 5.02 Å². The predicted octanol–water partition coefficient (Wildman–Crippen LogP) is 5.66. The lowest BCUT2D eigenvalue weighted by molar-refractivity contribution is -0.113. The van der Waals surface area contributed by atoms with E-state index in [-0.39, 0.29) is 12.7 Å². The Morgan fingerprint density at radius 3 is 2.75 bits per heavy atom. The standard InChI is InChI=1S/C33H31ClN6O4/c34-27-14-23(4-5-30(27)43-19-24-3-1-2-9-37-24)39-33-22(17-35)18-38-28-16-31(44-25-8-12-42-20-25)29(15-26(28)33)40-10-6-21(7-11-40)13-32(36)41/h1-5,9,13-16,18,25H,6-8,10-12,19-20H2,(H2,36,41)(H,38,39). The molecule has 3 N–H and O–H groups in total. The number of benzene rings is 2. The van der Waals surface area contributed by atoms with Gasteiger partial charge >= 0.3 is 0 Å². The number of carbonyl (C=O) groups excluding carboxylic acids is 1. The number of nitriles is 1. The maximum Gasteiger partial charge on any atom is 0.241 e. The number of rotatable bonds is 9. The fraction of sp³-hybridized carbons (Fsp3) is 0.273. The van der Waals surface area contributed by atoms with Gasteiger partial charge in [0.25, 0.3) is 0 Å². The summed E-state index contributed by atoms with van der Waals surface area (Å²) in [4.78, 5) is 22.5. The highest BCUT2D eigenvalue weighted by Gasteiger charge is 2.24. The van der Waals surface area contributed by atoms with E-state index in [0.29, 0.717) is 78.1 Å². The molecule has 4 aromatic rings. The van der Waals surface area contributed by atoms with Crippen molar-refractivity contribution in [1.29, 1.82) is 5.26 Å². The number of anilines is 3. The minimum Gasteiger partial charge on any atom is -0.486 e. The molecule has 2 aromatic heterocycles. The molecule has 0 saturated carbocycles. The molecule has 0 aliphatic carbocycles. The average molecular weight is 611 g/mol. The summed E-state index contributed by atoms with van der Waals surface area (Å²) in [5, 5.41) is 14.6. The summed E-state index contributed by atoms with van der Waals surface area (Å²) in [5.41, 5.74) is 10.5. The Bertz CT molecular complexity index is 1740. The highest BCUT2D eigenvalue weighted by Crippen LogP contribution is 2.40. The van der Waals surface area contributed by atoms with Gasteiger partial charge in [0, 0.05) is 55.1 Å². The molecule has 224 valence electrons. The number of pyridine rings is 2. The lowest BCUT2D eigenvalue weighted by Crippen LogP contribution is -2.32. The molecule has 1 unspecified atom stereocenters. The molecule has 44 heavy (non-hydrogen) atoms. The molecule has 2 aliphatic heterocycles. The Morgan fingerprint density at radius 1 is 1.18 bits per heavy atom. The first-order chi connectivity index (χ1) is 21.5. The van der Waals surface area contributed by atoms with Crippen LogP contribution in [0.3, 0.4) is 0 Å². The van der Waals surface area contributed by atoms with Crippen LogP contribution in [0, 0.1) is 11.3 Å². The zero-order valence-electron chi connectivity index (χ0n) is 24.0. The fourth-order valence-corrected chi connectivity index (χ4v) is 5.65. The minimum absolute atomic E-state index is 0.0576. The maximum atomic E-state index is 11.4. The first kappa shape index (κ1) is 29.2. The summed E-state index contributed by atoms with van der Waals surface area (Å²) in [5.74, 6) is 0.803. The van der Waals surface area contributed by atoms with E-state index in [0.717, 1.165) is 28.8 Å². The van der Waals surface area contributed by atoms with Gasteiger partial charge in [0.1, 0.15) is 30.3 Å². The molecule has 1 amide bonds. The van der Waals surface area contributed by atoms with E-state index in [4.69, 9.17) is 31.5 Å². The van der Waals surface area contributed by atoms with Crippen molar-refractivity contribution in [3.05, 3.63) is 88.9 Å². The zero-order valence-corrected chi connectivity index (χ0v) is 24.7. The van der Waals surface area contributed by atoms with E-state index in [2.05, 4.69) is 26.3 Å². The average Bonchev–Trinajstić information content (AvgIpc) is 3.54. The Hall–Kier alpha value is -4.85. The van der Waals surface area contributed by atoms with Crippen LogP contribution in [0.4, 0.5) is 17.1 Å². The molecule has 0 radical (unpaired) electrons. The molecule has 2 fully saturated rings. The summed E-state index contributed by atoms with van der Waals surface area (Å²) in [6.45, 7) is 2.85. The number of fused-ring (bicyclic) bond motifs is 1. The van der Waals surface area contributed by atoms with Gasteiger partial charge in [-0.25, -0.2) is 0 Å². The Labute approximate surface area is 260 Å². The van der Waals surface area contributed by atoms with Gasteiger partial charge in [-0.2, -0.15) is 5.26 Å². The molecular weight excluding hydrogens is 580 g/mol. The van der Waals surface area contributed by atoms with E-state index in [9.17, 15) is 10.1 Å². The van der Waals surface area contributed by atoms with E-state index in [1.54, 1.807) is 24.5 Å². The maximum absolute atomic E-state index is 11.4. The Balaban J connectivity index is 1.32. The predicted molar refractivity (Wildman–Crippen MR) is 168 cm³/mol. The molecule has 2 aromatic carbocycles. The van der Waals surface area contributed by atoms with Crippen molar-refractivity contribution < 1.29 is 19.0 Å². The largest absolute Gasteiger partial charge is 0.486 e. The summed E-state index contributed by atoms with van der Waals surface area (Å²) < 4.78 is 17.9. The molecule has 6 rings (SSSR count). The van der Waals surface area contributed by atoms with Crippen LogP contribution in [0.25, 0.3) is 10.9 Å². The van der Waals surface area contributed by atoms with E-state index >= 15 is 0 Å². The molecule has 11 heteroatoms. The van der Waals surface area contributed by atoms with Gasteiger partial charge in [-0.3, -0.25) is 14.8 Å². The number of nitrogens with zero attached hydrogens (tertiary/aromatic N) is 4. The van der Waals surface area contributed by atoms with Crippen molar-refractivity contribution in [3.8, 4) is 17.6 Å². The van der Waals surface area contributed by atoms with Gasteiger partial charge in [0.15, 0.2) is 0 Å². The van der Waals surface area contributed by atoms with E-state index in [1.807, 2.05) is 36.4 Å². The third-order valence-corrected chi connectivity index (χ3v) is 7.94. The van der Waals surface area contributed by atoms with Crippen LogP contribution in [0.5, 0.6) is 11.5 Å². The topological polar surface area (TPSA) is 136 Å². The molecule has 2 saturated heterocycles. The number of amides is 1. The van der Waals surface area contributed by atoms with Crippen molar-refractivity contribution in [2.75, 3.05) is 36.5 Å². The monoisotopic (exact) mass is 610 g/mol. The fourth-order valence-electron chi connectivity index (χ4n) is 5.41. The summed E-state index contributed by atoms with van der Waals surface area (Å²) in [6, 6.07) is 17.2. The van der Waals surface area contributed by atoms with Crippen LogP contribution in [-0.2, 0) is 16.1 Å². The third-order valence-electron chi connectivity index (χ3n) is 7.65. The number of hydrogen-bond donors (Lipinski definition) is 2. The van der Waals surface area contributed by atoms with Gasteiger partial charge in [0.2, 0.25) is 5.91 Å². The normalized spacial score (nSPS) is 16.4. The van der Waals surface area contributed by atoms with Crippen LogP contribution in [-0.4, -0.2) is 48.3 Å². The first-order valence-electron chi connectivity index (χ1n) is 14.4. The number of hydrogen-bond acceptors (Lipinski definition) is 9. The van der Waals surface area contributed by atoms with Crippen molar-refractivity contribution in [1.82, 2.24) is 9.97 Å². The molecule has 2 aliphatic rings. The van der Waals surface area contributed by atoms with Crippen molar-refractivity contribution >= 4 is 45.5 Å². The number of primary amides is 1. The van der Waals surface area contributed by atoms with Gasteiger partial charge in [-0.15, -0.1) is 0 Å². The van der Waals surface area contributed by atoms with Crippen molar-refractivity contribution in [2.24, 2.45) is 5.73 Å². The number of aromatic nitrogens is 2. The van der Waals surface area contributed by atoms with Crippen LogP contribution in [0.1, 0.15) is 30.5 Å². The Kier molecular flexibility index (Phi) is 8.77. The lowest BCUT2D eigenvalue weighted by atomic mass is 10.0. The quantitative estimate of drug-likeness (QED) is 0.230. The second-order valence-corrected chi connectivity index (χ2v) is 11.1. The van der Waals surface area contributed by atoms with Crippen LogP contribution >= 0.6 is 11.6 Å². The highest BCUT2D eigenvalue weighted by atomic mass is 35.5. The second kappa shape index (κ2) is 13.2. The number of nitrogens with one attached hydrogen (secondary N) is 1. The smallest absolute Gasteiger partial charge is 0.241 e. The van der Waals surface area contributed by atoms with E-state index < -0.39 is 5.91 Å². The summed E-state index contributed by atoms with van der Waals surface area (Å²) >= 11 is 6.60. The van der Waals surface area contributed by atoms with Crippen molar-refractivity contribution in [2.45, 2.75) is 32.0 Å². The van der Waals surface area contributed by atoms with Gasteiger partial charge in [0.05, 0.1) is 46.4 Å². The Morgan fingerprint density at radius 2 is 2.05 bits per heavy atom. The van der Waals surface area contributed by atoms with Gasteiger partial charge in [-0.05, 0) is 49.2 Å². The molecule has 0 bridgehead atoms. The lowest BCUT2D eigenvalue weighted by Gasteiger charge is -2.32. The van der Waals surface area contributed by atoms with Crippen LogP contribution < -0.4 is 25.4 Å². The minimum atomic E-state index is -0.428. The van der Waals surface area contributed by atoms with Crippen molar-refractivity contribution in [3.63, 3.8) is 0 Å². The number of halogens is 1. The molecular formula is C33H31ClN6O4. The second-order valence-electron chi connectivity index (χ2n) is 10.7. The molecule has 10 nitrogen and oxygen atoms in total. The molecule has 0 spiro atoms. The number of carbonyl (C=O) groups is 1. The van der Waals surface area contributed by atoms with Crippen LogP contribution in [0.15, 0.2) is 72.6 Å². The third kappa shape index (κ3) is 6.70. The van der Waals surface area contributed by atoms with Gasteiger partial charge in [-0.1, -0.05) is 23.2 Å². The number of nitrogens with two attached hydrogens (primary N) is 1. The first-order valence-corrected chi connectivity index (χ1v) is 14.8.